The minimum absolute atomic E-state index is 0.0153. The smallest absolute Gasteiger partial charge is 0.255 e. The van der Waals surface area contributed by atoms with E-state index in [9.17, 15) is 4.79 Å². The van der Waals surface area contributed by atoms with Gasteiger partial charge in [-0.2, -0.15) is 0 Å². The Hall–Kier alpha value is -4.25. The highest BCUT2D eigenvalue weighted by atomic mass is 16.5. The number of rotatable bonds is 5. The van der Waals surface area contributed by atoms with Crippen molar-refractivity contribution in [3.8, 4) is 17.0 Å². The van der Waals surface area contributed by atoms with Crippen molar-refractivity contribution in [3.63, 3.8) is 0 Å². The van der Waals surface area contributed by atoms with Crippen LogP contribution >= 0.6 is 0 Å². The molecule has 0 fully saturated rings. The van der Waals surface area contributed by atoms with Crippen LogP contribution in [0.25, 0.3) is 22.2 Å². The molecule has 3 heterocycles. The van der Waals surface area contributed by atoms with Crippen molar-refractivity contribution in [3.05, 3.63) is 114 Å². The maximum absolute atomic E-state index is 13.7. The number of methoxy groups -OCH3 is 1. The van der Waals surface area contributed by atoms with Crippen LogP contribution in [0.15, 0.2) is 95.6 Å². The molecule has 0 bridgehead atoms. The van der Waals surface area contributed by atoms with E-state index in [1.54, 1.807) is 13.4 Å². The number of carbonyl (C=O) groups excluding carboxylic acids is 1. The van der Waals surface area contributed by atoms with Gasteiger partial charge in [0, 0.05) is 34.6 Å². The molecule has 5 heteroatoms. The van der Waals surface area contributed by atoms with E-state index in [1.165, 1.54) is 0 Å². The molecule has 0 N–H and O–H groups in total. The van der Waals surface area contributed by atoms with Crippen molar-refractivity contribution in [1.29, 1.82) is 0 Å². The number of aromatic nitrogens is 1. The summed E-state index contributed by atoms with van der Waals surface area (Å²) < 4.78 is 13.4. The molecule has 0 spiro atoms. The largest absolute Gasteiger partial charge is 0.497 e. The van der Waals surface area contributed by atoms with Gasteiger partial charge in [-0.1, -0.05) is 48.5 Å². The fourth-order valence-electron chi connectivity index (χ4n) is 5.23. The zero-order chi connectivity index (χ0) is 23.2. The Balaban J connectivity index is 1.65. The first-order valence-electron chi connectivity index (χ1n) is 11.3. The number of aryl methyl sites for hydroxylation is 1. The number of benzene rings is 3. The lowest BCUT2D eigenvalue weighted by molar-refractivity contribution is 0.0724. The van der Waals surface area contributed by atoms with E-state index in [0.29, 0.717) is 6.54 Å². The van der Waals surface area contributed by atoms with Crippen molar-refractivity contribution < 1.29 is 13.9 Å². The molecule has 1 amide bonds. The summed E-state index contributed by atoms with van der Waals surface area (Å²) in [7, 11) is 3.76. The van der Waals surface area contributed by atoms with Crippen molar-refractivity contribution >= 4 is 16.8 Å². The normalized spacial score (nSPS) is 15.2. The van der Waals surface area contributed by atoms with E-state index in [1.807, 2.05) is 47.4 Å². The summed E-state index contributed by atoms with van der Waals surface area (Å²) in [5.74, 6) is 1.57. The molecule has 1 aliphatic heterocycles. The van der Waals surface area contributed by atoms with Crippen LogP contribution < -0.4 is 4.74 Å². The van der Waals surface area contributed by atoms with Crippen molar-refractivity contribution in [2.24, 2.45) is 7.05 Å². The van der Waals surface area contributed by atoms with Gasteiger partial charge in [0.15, 0.2) is 0 Å². The molecule has 5 nitrogen and oxygen atoms in total. The zero-order valence-corrected chi connectivity index (χ0v) is 19.1. The fourth-order valence-corrected chi connectivity index (χ4v) is 5.23. The monoisotopic (exact) mass is 448 g/mol. The first kappa shape index (κ1) is 20.4. The van der Waals surface area contributed by atoms with Crippen molar-refractivity contribution in [2.75, 3.05) is 7.11 Å². The van der Waals surface area contributed by atoms with Gasteiger partial charge in [0.1, 0.15) is 11.5 Å². The first-order valence-corrected chi connectivity index (χ1v) is 11.3. The lowest BCUT2D eigenvalue weighted by atomic mass is 9.93. The van der Waals surface area contributed by atoms with Gasteiger partial charge in [-0.25, -0.2) is 0 Å². The topological polar surface area (TPSA) is 47.6 Å². The maximum Gasteiger partial charge on any atom is 0.255 e. The van der Waals surface area contributed by atoms with Gasteiger partial charge < -0.3 is 18.6 Å². The van der Waals surface area contributed by atoms with Crippen LogP contribution in [-0.4, -0.2) is 22.5 Å². The molecular formula is C29H24N2O3. The number of hydrogen-bond acceptors (Lipinski definition) is 3. The van der Waals surface area contributed by atoms with Crippen LogP contribution in [-0.2, 0) is 13.6 Å². The summed E-state index contributed by atoms with van der Waals surface area (Å²) in [4.78, 5) is 15.6. The maximum atomic E-state index is 13.7. The number of carbonyl (C=O) groups is 1. The number of fused-ring (bicyclic) bond motifs is 2. The zero-order valence-electron chi connectivity index (χ0n) is 19.1. The summed E-state index contributed by atoms with van der Waals surface area (Å²) in [6.45, 7) is 0.395. The summed E-state index contributed by atoms with van der Waals surface area (Å²) in [5.41, 5.74) is 6.09. The molecular weight excluding hydrogens is 424 g/mol. The quantitative estimate of drug-likeness (QED) is 0.322. The molecule has 0 aliphatic carbocycles. The third-order valence-electron chi connectivity index (χ3n) is 6.73. The minimum Gasteiger partial charge on any atom is -0.497 e. The second-order valence-corrected chi connectivity index (χ2v) is 8.57. The molecule has 6 rings (SSSR count). The van der Waals surface area contributed by atoms with Gasteiger partial charge in [0.05, 0.1) is 31.7 Å². The highest BCUT2D eigenvalue weighted by Gasteiger charge is 2.40. The second-order valence-electron chi connectivity index (χ2n) is 8.57. The van der Waals surface area contributed by atoms with E-state index < -0.39 is 0 Å². The Morgan fingerprint density at radius 1 is 0.941 bits per heavy atom. The highest BCUT2D eigenvalue weighted by Crippen LogP contribution is 2.47. The predicted octanol–water partition coefficient (Wildman–Crippen LogP) is 6.19. The standard InChI is InChI=1S/C29H24N2O3/c1-30-25-15-6-5-14-24(25)26(27(30)19-9-7-10-20(17-19)33-2)28-22-12-3-4-13-23(22)29(32)31(28)18-21-11-8-16-34-21/h3-17,28H,18H2,1-2H3/t28-/m1/s1. The van der Waals surface area contributed by atoms with Gasteiger partial charge in [-0.15, -0.1) is 0 Å². The summed E-state index contributed by atoms with van der Waals surface area (Å²) in [5, 5.41) is 1.13. The molecule has 0 saturated heterocycles. The SMILES string of the molecule is COc1cccc(-c2c([C@H]3c4ccccc4C(=O)N3Cc3ccco3)c3ccccc3n2C)c1. The van der Waals surface area contributed by atoms with Crippen molar-refractivity contribution in [2.45, 2.75) is 12.6 Å². The highest BCUT2D eigenvalue weighted by molar-refractivity contribution is 6.02. The van der Waals surface area contributed by atoms with Crippen molar-refractivity contribution in [1.82, 2.24) is 9.47 Å². The molecule has 5 aromatic rings. The molecule has 0 unspecified atom stereocenters. The summed E-state index contributed by atoms with van der Waals surface area (Å²) in [6.07, 6.45) is 1.65. The van der Waals surface area contributed by atoms with E-state index in [2.05, 4.69) is 54.1 Å². The molecule has 1 atom stereocenters. The average Bonchev–Trinajstić information content (AvgIpc) is 3.56. The van der Waals surface area contributed by atoms with E-state index in [-0.39, 0.29) is 11.9 Å². The Morgan fingerprint density at radius 2 is 1.76 bits per heavy atom. The number of amides is 1. The lowest BCUT2D eigenvalue weighted by Crippen LogP contribution is -2.28. The third kappa shape index (κ3) is 3.05. The van der Waals surface area contributed by atoms with Gasteiger partial charge in [-0.3, -0.25) is 4.79 Å². The lowest BCUT2D eigenvalue weighted by Gasteiger charge is -2.26. The number of nitrogens with zero attached hydrogens (tertiary/aromatic N) is 2. The molecule has 1 aliphatic rings. The van der Waals surface area contributed by atoms with E-state index in [4.69, 9.17) is 9.15 Å². The van der Waals surface area contributed by atoms with E-state index in [0.717, 1.165) is 50.4 Å². The predicted molar refractivity (Wildman–Crippen MR) is 132 cm³/mol. The Labute approximate surface area is 197 Å². The van der Waals surface area contributed by atoms with Gasteiger partial charge >= 0.3 is 0 Å². The number of ether oxygens (including phenoxy) is 1. The van der Waals surface area contributed by atoms with Crippen LogP contribution in [0.1, 0.15) is 33.3 Å². The number of furan rings is 1. The van der Waals surface area contributed by atoms with Gasteiger partial charge in [0.25, 0.3) is 5.91 Å². The molecule has 3 aromatic carbocycles. The molecule has 34 heavy (non-hydrogen) atoms. The minimum atomic E-state index is -0.249. The number of para-hydroxylation sites is 1. The van der Waals surface area contributed by atoms with Crippen LogP contribution in [0.2, 0.25) is 0 Å². The Bertz CT molecular complexity index is 1510. The summed E-state index contributed by atoms with van der Waals surface area (Å²) in [6, 6.07) is 27.9. The van der Waals surface area contributed by atoms with Crippen LogP contribution in [0.3, 0.4) is 0 Å². The summed E-state index contributed by atoms with van der Waals surface area (Å²) >= 11 is 0. The Morgan fingerprint density at radius 3 is 2.59 bits per heavy atom. The van der Waals surface area contributed by atoms with Gasteiger partial charge in [-0.05, 0) is 42.0 Å². The Kier molecular flexibility index (Phi) is 4.77. The third-order valence-corrected chi connectivity index (χ3v) is 6.73. The molecule has 2 aromatic heterocycles. The molecule has 0 saturated carbocycles. The first-order chi connectivity index (χ1) is 16.7. The molecule has 0 radical (unpaired) electrons. The van der Waals surface area contributed by atoms with Gasteiger partial charge in [0.2, 0.25) is 0 Å². The van der Waals surface area contributed by atoms with Crippen LogP contribution in [0, 0.1) is 0 Å². The van der Waals surface area contributed by atoms with E-state index >= 15 is 0 Å². The number of hydrogen-bond donors (Lipinski definition) is 0. The second kappa shape index (κ2) is 7.96. The average molecular weight is 449 g/mol. The van der Waals surface area contributed by atoms with Crippen LogP contribution in [0.4, 0.5) is 0 Å². The van der Waals surface area contributed by atoms with Crippen LogP contribution in [0.5, 0.6) is 5.75 Å². The fraction of sp³-hybridized carbons (Fsp3) is 0.138. The molecule has 168 valence electrons.